The summed E-state index contributed by atoms with van der Waals surface area (Å²) in [5, 5.41) is 8.79. The second-order valence-corrected chi connectivity index (χ2v) is 5.29. The summed E-state index contributed by atoms with van der Waals surface area (Å²) in [5.74, 6) is -0.0755. The molecule has 0 spiro atoms. The number of hydrogen-bond acceptors (Lipinski definition) is 2. The van der Waals surface area contributed by atoms with Crippen molar-refractivity contribution >= 4 is 27.5 Å². The Labute approximate surface area is 126 Å². The highest BCUT2D eigenvalue weighted by Crippen LogP contribution is 2.22. The zero-order chi connectivity index (χ0) is 14.7. The van der Waals surface area contributed by atoms with E-state index in [1.807, 2.05) is 25.1 Å². The van der Waals surface area contributed by atoms with E-state index in [4.69, 9.17) is 5.26 Å². The lowest BCUT2D eigenvalue weighted by atomic mass is 10.1. The van der Waals surface area contributed by atoms with Crippen LogP contribution in [0.4, 0.5) is 5.69 Å². The van der Waals surface area contributed by atoms with E-state index in [1.165, 1.54) is 0 Å². The van der Waals surface area contributed by atoms with Crippen LogP contribution in [0.15, 0.2) is 46.9 Å². The average molecular weight is 329 g/mol. The van der Waals surface area contributed by atoms with Crippen molar-refractivity contribution in [3.8, 4) is 6.07 Å². The van der Waals surface area contributed by atoms with Gasteiger partial charge in [0.05, 0.1) is 11.6 Å². The fourth-order valence-corrected chi connectivity index (χ4v) is 2.26. The van der Waals surface area contributed by atoms with Gasteiger partial charge < -0.3 is 4.90 Å². The lowest BCUT2D eigenvalue weighted by Crippen LogP contribution is -2.26. The van der Waals surface area contributed by atoms with Gasteiger partial charge in [0.25, 0.3) is 5.91 Å². The molecule has 0 N–H and O–H groups in total. The molecule has 2 aromatic carbocycles. The lowest BCUT2D eigenvalue weighted by Gasteiger charge is -2.19. The van der Waals surface area contributed by atoms with Gasteiger partial charge in [-0.05, 0) is 48.9 Å². The molecule has 0 heterocycles. The molecular weight excluding hydrogens is 316 g/mol. The molecule has 20 heavy (non-hydrogen) atoms. The van der Waals surface area contributed by atoms with Crippen LogP contribution in [-0.2, 0) is 0 Å². The van der Waals surface area contributed by atoms with Gasteiger partial charge in [-0.15, -0.1) is 0 Å². The second-order valence-electron chi connectivity index (χ2n) is 4.44. The van der Waals surface area contributed by atoms with Crippen LogP contribution in [0.5, 0.6) is 0 Å². The molecule has 0 aliphatic carbocycles. The quantitative estimate of drug-likeness (QED) is 0.838. The number of nitriles is 1. The molecule has 0 aliphatic heterocycles. The topological polar surface area (TPSA) is 44.1 Å². The number of carbonyl (C=O) groups is 1. The first-order chi connectivity index (χ1) is 9.54. The number of hydrogen-bond donors (Lipinski definition) is 0. The standard InChI is InChI=1S/C16H13BrN2O/c1-11-14(4-3-5-15(11)17)16(20)19(2)13-8-6-12(10-18)7-9-13/h3-9H,1-2H3. The van der Waals surface area contributed by atoms with E-state index in [2.05, 4.69) is 22.0 Å². The van der Waals surface area contributed by atoms with Gasteiger partial charge in [-0.25, -0.2) is 0 Å². The molecule has 3 nitrogen and oxygen atoms in total. The summed E-state index contributed by atoms with van der Waals surface area (Å²) in [7, 11) is 1.73. The number of anilines is 1. The zero-order valence-corrected chi connectivity index (χ0v) is 12.8. The van der Waals surface area contributed by atoms with Crippen molar-refractivity contribution in [2.75, 3.05) is 11.9 Å². The molecule has 2 rings (SSSR count). The molecule has 0 unspecified atom stereocenters. The minimum atomic E-state index is -0.0755. The van der Waals surface area contributed by atoms with Crippen LogP contribution in [-0.4, -0.2) is 13.0 Å². The van der Waals surface area contributed by atoms with E-state index in [1.54, 1.807) is 36.2 Å². The van der Waals surface area contributed by atoms with Gasteiger partial charge in [0.2, 0.25) is 0 Å². The Morgan fingerprint density at radius 3 is 2.45 bits per heavy atom. The van der Waals surface area contributed by atoms with Crippen molar-refractivity contribution in [3.63, 3.8) is 0 Å². The molecule has 0 aliphatic rings. The van der Waals surface area contributed by atoms with Crippen molar-refractivity contribution in [3.05, 3.63) is 63.6 Å². The fourth-order valence-electron chi connectivity index (χ4n) is 1.90. The van der Waals surface area contributed by atoms with Crippen molar-refractivity contribution < 1.29 is 4.79 Å². The van der Waals surface area contributed by atoms with Gasteiger partial charge in [0.15, 0.2) is 0 Å². The Kier molecular flexibility index (Phi) is 4.21. The highest BCUT2D eigenvalue weighted by atomic mass is 79.9. The van der Waals surface area contributed by atoms with Crippen LogP contribution < -0.4 is 4.90 Å². The first kappa shape index (κ1) is 14.3. The third-order valence-electron chi connectivity index (χ3n) is 3.19. The largest absolute Gasteiger partial charge is 0.311 e. The third kappa shape index (κ3) is 2.73. The third-order valence-corrected chi connectivity index (χ3v) is 4.05. The van der Waals surface area contributed by atoms with Crippen molar-refractivity contribution in [1.82, 2.24) is 0 Å². The van der Waals surface area contributed by atoms with E-state index in [9.17, 15) is 4.79 Å². The molecule has 0 saturated carbocycles. The zero-order valence-electron chi connectivity index (χ0n) is 11.2. The number of nitrogens with zero attached hydrogens (tertiary/aromatic N) is 2. The summed E-state index contributed by atoms with van der Waals surface area (Å²) in [5.41, 5.74) is 2.91. The normalized spacial score (nSPS) is 9.90. The van der Waals surface area contributed by atoms with Crippen molar-refractivity contribution in [2.45, 2.75) is 6.92 Å². The molecule has 1 amide bonds. The van der Waals surface area contributed by atoms with Crippen LogP contribution in [0, 0.1) is 18.3 Å². The highest BCUT2D eigenvalue weighted by Gasteiger charge is 2.16. The molecule has 0 aromatic heterocycles. The highest BCUT2D eigenvalue weighted by molar-refractivity contribution is 9.10. The fraction of sp³-hybridized carbons (Fsp3) is 0.125. The van der Waals surface area contributed by atoms with Crippen LogP contribution in [0.25, 0.3) is 0 Å². The van der Waals surface area contributed by atoms with E-state index < -0.39 is 0 Å². The molecule has 0 bridgehead atoms. The van der Waals surface area contributed by atoms with Gasteiger partial charge in [0.1, 0.15) is 0 Å². The summed E-state index contributed by atoms with van der Waals surface area (Å²) in [6, 6.07) is 14.6. The van der Waals surface area contributed by atoms with Crippen LogP contribution in [0.3, 0.4) is 0 Å². The summed E-state index contributed by atoms with van der Waals surface area (Å²) < 4.78 is 0.913. The summed E-state index contributed by atoms with van der Waals surface area (Å²) in [6.45, 7) is 1.91. The number of rotatable bonds is 2. The summed E-state index contributed by atoms with van der Waals surface area (Å²) in [4.78, 5) is 14.1. The smallest absolute Gasteiger partial charge is 0.258 e. The maximum Gasteiger partial charge on any atom is 0.258 e. The molecular formula is C16H13BrN2O. The van der Waals surface area contributed by atoms with Crippen LogP contribution >= 0.6 is 15.9 Å². The molecule has 0 atom stereocenters. The Morgan fingerprint density at radius 2 is 1.85 bits per heavy atom. The predicted octanol–water partition coefficient (Wildman–Crippen LogP) is 3.91. The number of amides is 1. The SMILES string of the molecule is Cc1c(Br)cccc1C(=O)N(C)c1ccc(C#N)cc1. The van der Waals surface area contributed by atoms with Gasteiger partial charge in [-0.3, -0.25) is 4.79 Å². The Bertz CT molecular complexity index is 687. The Hall–Kier alpha value is -2.12. The molecule has 0 radical (unpaired) electrons. The van der Waals surface area contributed by atoms with Gasteiger partial charge >= 0.3 is 0 Å². The lowest BCUT2D eigenvalue weighted by molar-refractivity contribution is 0.0992. The van der Waals surface area contributed by atoms with Crippen LogP contribution in [0.1, 0.15) is 21.5 Å². The first-order valence-electron chi connectivity index (χ1n) is 6.08. The summed E-state index contributed by atoms with van der Waals surface area (Å²) >= 11 is 3.43. The number of halogens is 1. The van der Waals surface area contributed by atoms with Gasteiger partial charge in [0, 0.05) is 22.8 Å². The van der Waals surface area contributed by atoms with Crippen LogP contribution in [0.2, 0.25) is 0 Å². The molecule has 0 fully saturated rings. The molecule has 4 heteroatoms. The Balaban J connectivity index is 2.32. The maximum atomic E-state index is 12.5. The molecule has 0 saturated heterocycles. The maximum absolute atomic E-state index is 12.5. The molecule has 100 valence electrons. The minimum absolute atomic E-state index is 0.0755. The van der Waals surface area contributed by atoms with E-state index >= 15 is 0 Å². The van der Waals surface area contributed by atoms with E-state index in [0.717, 1.165) is 15.7 Å². The van der Waals surface area contributed by atoms with E-state index in [-0.39, 0.29) is 5.91 Å². The predicted molar refractivity (Wildman–Crippen MR) is 82.8 cm³/mol. The first-order valence-corrected chi connectivity index (χ1v) is 6.87. The molecule has 2 aromatic rings. The Morgan fingerprint density at radius 1 is 1.20 bits per heavy atom. The van der Waals surface area contributed by atoms with Gasteiger partial charge in [-0.2, -0.15) is 5.26 Å². The second kappa shape index (κ2) is 5.89. The average Bonchev–Trinajstić information content (AvgIpc) is 2.48. The van der Waals surface area contributed by atoms with E-state index in [0.29, 0.717) is 11.1 Å². The van der Waals surface area contributed by atoms with Crippen molar-refractivity contribution in [2.24, 2.45) is 0 Å². The number of benzene rings is 2. The summed E-state index contributed by atoms with van der Waals surface area (Å²) in [6.07, 6.45) is 0. The minimum Gasteiger partial charge on any atom is -0.311 e. The monoisotopic (exact) mass is 328 g/mol. The van der Waals surface area contributed by atoms with Crippen molar-refractivity contribution in [1.29, 1.82) is 5.26 Å². The van der Waals surface area contributed by atoms with Gasteiger partial charge in [-0.1, -0.05) is 22.0 Å². The number of carbonyl (C=O) groups excluding carboxylic acids is 1.